The first-order valence-corrected chi connectivity index (χ1v) is 12.3. The van der Waals surface area contributed by atoms with Crippen molar-refractivity contribution >= 4 is 17.6 Å². The molecule has 3 aromatic rings. The third kappa shape index (κ3) is 9.61. The lowest BCUT2D eigenvalue weighted by Gasteiger charge is -2.22. The highest BCUT2D eigenvalue weighted by Crippen LogP contribution is 2.07. The lowest BCUT2D eigenvalue weighted by Crippen LogP contribution is -2.55. The molecule has 8 nitrogen and oxygen atoms in total. The molecule has 0 fully saturated rings. The Morgan fingerprint density at radius 3 is 1.84 bits per heavy atom. The Bertz CT molecular complexity index is 1110. The molecule has 3 N–H and O–H groups in total. The molecule has 0 spiro atoms. The fourth-order valence-electron chi connectivity index (χ4n) is 3.64. The molecule has 0 saturated heterocycles. The lowest BCUT2D eigenvalue weighted by molar-refractivity contribution is -0.148. The number of ketones is 1. The summed E-state index contributed by atoms with van der Waals surface area (Å²) in [5.74, 6) is -2.16. The van der Waals surface area contributed by atoms with Crippen LogP contribution in [0.3, 0.4) is 0 Å². The van der Waals surface area contributed by atoms with E-state index in [4.69, 9.17) is 9.57 Å². The summed E-state index contributed by atoms with van der Waals surface area (Å²) in [5.41, 5.74) is 4.83. The molecule has 2 atom stereocenters. The number of likely N-dealkylation sites (N-methyl/N-ethyl adjacent to an activating group) is 1. The van der Waals surface area contributed by atoms with E-state index in [1.54, 1.807) is 0 Å². The highest BCUT2D eigenvalue weighted by Gasteiger charge is 2.30. The number of carbonyl (C=O) groups is 3. The van der Waals surface area contributed by atoms with Gasteiger partial charge >= 0.3 is 5.91 Å². The van der Waals surface area contributed by atoms with Gasteiger partial charge in [-0.2, -0.15) is 0 Å². The maximum Gasteiger partial charge on any atom is 0.313 e. The van der Waals surface area contributed by atoms with Crippen LogP contribution < -0.4 is 16.1 Å². The van der Waals surface area contributed by atoms with Gasteiger partial charge in [-0.25, -0.2) is 5.48 Å². The van der Waals surface area contributed by atoms with E-state index in [9.17, 15) is 14.4 Å². The molecule has 0 aliphatic carbocycles. The third-order valence-corrected chi connectivity index (χ3v) is 5.55. The Labute approximate surface area is 217 Å². The van der Waals surface area contributed by atoms with E-state index >= 15 is 0 Å². The van der Waals surface area contributed by atoms with Crippen molar-refractivity contribution in [2.24, 2.45) is 0 Å². The van der Waals surface area contributed by atoms with E-state index in [0.29, 0.717) is 13.2 Å². The highest BCUT2D eigenvalue weighted by molar-refractivity contribution is 6.38. The van der Waals surface area contributed by atoms with Gasteiger partial charge in [0.05, 0.1) is 19.8 Å². The van der Waals surface area contributed by atoms with Crippen LogP contribution in [0.1, 0.15) is 23.6 Å². The number of Topliss-reactive ketones (excluding diaryl/α,β-unsaturated/α-hetero) is 1. The van der Waals surface area contributed by atoms with Crippen molar-refractivity contribution in [1.29, 1.82) is 0 Å². The number of rotatable bonds is 15. The molecule has 2 amide bonds. The largest absolute Gasteiger partial charge is 0.375 e. The molecule has 0 aromatic heterocycles. The van der Waals surface area contributed by atoms with Crippen LogP contribution in [0.5, 0.6) is 0 Å². The van der Waals surface area contributed by atoms with Crippen LogP contribution in [0.25, 0.3) is 0 Å². The highest BCUT2D eigenvalue weighted by atomic mass is 16.7. The number of amides is 2. The van der Waals surface area contributed by atoms with Crippen LogP contribution in [0.2, 0.25) is 0 Å². The van der Waals surface area contributed by atoms with E-state index in [-0.39, 0.29) is 19.6 Å². The Morgan fingerprint density at radius 1 is 0.730 bits per heavy atom. The molecule has 0 aliphatic heterocycles. The van der Waals surface area contributed by atoms with E-state index in [1.165, 1.54) is 0 Å². The minimum Gasteiger partial charge on any atom is -0.375 e. The van der Waals surface area contributed by atoms with Crippen LogP contribution in [0.4, 0.5) is 0 Å². The quantitative estimate of drug-likeness (QED) is 0.218. The first-order valence-electron chi connectivity index (χ1n) is 12.3. The van der Waals surface area contributed by atoms with Gasteiger partial charge in [-0.3, -0.25) is 19.2 Å². The van der Waals surface area contributed by atoms with Crippen LogP contribution in [-0.4, -0.2) is 42.8 Å². The summed E-state index contributed by atoms with van der Waals surface area (Å²) >= 11 is 0. The first kappa shape index (κ1) is 27.7. The average molecular weight is 504 g/mol. The second kappa shape index (κ2) is 15.3. The van der Waals surface area contributed by atoms with E-state index in [0.717, 1.165) is 16.7 Å². The summed E-state index contributed by atoms with van der Waals surface area (Å²) in [6.45, 7) is 2.97. The smallest absolute Gasteiger partial charge is 0.313 e. The number of ether oxygens (including phenoxy) is 1. The number of hydroxylamine groups is 1. The second-order valence-corrected chi connectivity index (χ2v) is 8.43. The topological polar surface area (TPSA) is 106 Å². The van der Waals surface area contributed by atoms with Crippen molar-refractivity contribution in [2.45, 2.75) is 38.6 Å². The van der Waals surface area contributed by atoms with Gasteiger partial charge in [0.25, 0.3) is 0 Å². The Hall–Kier alpha value is -3.85. The SMILES string of the molecule is CCNC(COCc1ccccc1)C(=O)NC(Cc1ccccc1)C(=O)C(=O)NOCc1ccccc1. The van der Waals surface area contributed by atoms with Gasteiger partial charge < -0.3 is 15.4 Å². The average Bonchev–Trinajstić information content (AvgIpc) is 2.93. The van der Waals surface area contributed by atoms with Crippen molar-refractivity contribution in [3.63, 3.8) is 0 Å². The molecule has 8 heteroatoms. The van der Waals surface area contributed by atoms with Crippen molar-refractivity contribution in [2.75, 3.05) is 13.2 Å². The Morgan fingerprint density at radius 2 is 1.27 bits per heavy atom. The minimum atomic E-state index is -1.08. The van der Waals surface area contributed by atoms with Gasteiger partial charge in [0.1, 0.15) is 12.1 Å². The molecule has 0 saturated carbocycles. The summed E-state index contributed by atoms with van der Waals surface area (Å²) in [5, 5.41) is 5.83. The molecule has 0 heterocycles. The van der Waals surface area contributed by atoms with Crippen molar-refractivity contribution in [3.8, 4) is 0 Å². The molecule has 194 valence electrons. The minimum absolute atomic E-state index is 0.104. The lowest BCUT2D eigenvalue weighted by atomic mass is 10.0. The summed E-state index contributed by atoms with van der Waals surface area (Å²) < 4.78 is 5.75. The fourth-order valence-corrected chi connectivity index (χ4v) is 3.64. The zero-order valence-corrected chi connectivity index (χ0v) is 20.9. The van der Waals surface area contributed by atoms with Crippen LogP contribution in [-0.2, 0) is 43.6 Å². The number of hydrogen-bond acceptors (Lipinski definition) is 6. The number of hydrogen-bond donors (Lipinski definition) is 3. The molecular formula is C29H33N3O5. The van der Waals surface area contributed by atoms with E-state index < -0.39 is 29.7 Å². The maximum atomic E-state index is 13.1. The molecule has 0 aliphatic rings. The predicted molar refractivity (Wildman–Crippen MR) is 140 cm³/mol. The number of carbonyl (C=O) groups excluding carboxylic acids is 3. The zero-order chi connectivity index (χ0) is 26.3. The summed E-state index contributed by atoms with van der Waals surface area (Å²) in [6, 6.07) is 26.3. The van der Waals surface area contributed by atoms with Crippen LogP contribution >= 0.6 is 0 Å². The number of nitrogens with one attached hydrogen (secondary N) is 3. The molecule has 0 bridgehead atoms. The van der Waals surface area contributed by atoms with Gasteiger partial charge in [0.2, 0.25) is 11.7 Å². The monoisotopic (exact) mass is 503 g/mol. The number of benzene rings is 3. The first-order chi connectivity index (χ1) is 18.1. The standard InChI is InChI=1S/C29H33N3O5/c1-2-30-26(21-36-19-23-14-8-4-9-15-23)28(34)31-25(18-22-12-6-3-7-13-22)27(33)29(35)32-37-20-24-16-10-5-11-17-24/h3-17,25-26,30H,2,18-21H2,1H3,(H,31,34)(H,32,35). The third-order valence-electron chi connectivity index (χ3n) is 5.55. The van der Waals surface area contributed by atoms with Gasteiger partial charge in [0, 0.05) is 6.42 Å². The van der Waals surface area contributed by atoms with Gasteiger partial charge in [-0.05, 0) is 23.2 Å². The summed E-state index contributed by atoms with van der Waals surface area (Å²) in [6.07, 6.45) is 0.154. The van der Waals surface area contributed by atoms with Crippen molar-refractivity contribution in [3.05, 3.63) is 108 Å². The molecule has 3 rings (SSSR count). The molecule has 0 radical (unpaired) electrons. The predicted octanol–water partition coefficient (Wildman–Crippen LogP) is 2.73. The van der Waals surface area contributed by atoms with E-state index in [1.807, 2.05) is 97.9 Å². The van der Waals surface area contributed by atoms with Crippen LogP contribution in [0, 0.1) is 0 Å². The van der Waals surface area contributed by atoms with Gasteiger partial charge in [-0.1, -0.05) is 97.9 Å². The summed E-state index contributed by atoms with van der Waals surface area (Å²) in [4.78, 5) is 44.0. The Kier molecular flexibility index (Phi) is 11.5. The van der Waals surface area contributed by atoms with Gasteiger partial charge in [0.15, 0.2) is 0 Å². The fraction of sp³-hybridized carbons (Fsp3) is 0.276. The Balaban J connectivity index is 1.62. The molecule has 3 aromatic carbocycles. The van der Waals surface area contributed by atoms with Crippen LogP contribution in [0.15, 0.2) is 91.0 Å². The molecular weight excluding hydrogens is 470 g/mol. The van der Waals surface area contributed by atoms with E-state index in [2.05, 4.69) is 16.1 Å². The van der Waals surface area contributed by atoms with Gasteiger partial charge in [-0.15, -0.1) is 0 Å². The molecule has 37 heavy (non-hydrogen) atoms. The summed E-state index contributed by atoms with van der Waals surface area (Å²) in [7, 11) is 0. The maximum absolute atomic E-state index is 13.1. The van der Waals surface area contributed by atoms with Crippen molar-refractivity contribution in [1.82, 2.24) is 16.1 Å². The second-order valence-electron chi connectivity index (χ2n) is 8.43. The van der Waals surface area contributed by atoms with Crippen molar-refractivity contribution < 1.29 is 24.0 Å². The normalized spacial score (nSPS) is 12.4. The zero-order valence-electron chi connectivity index (χ0n) is 20.9. The molecule has 2 unspecified atom stereocenters.